The molecule has 0 saturated carbocycles. The van der Waals surface area contributed by atoms with Gasteiger partial charge in [0.05, 0.1) is 19.0 Å². The Morgan fingerprint density at radius 1 is 1.29 bits per heavy atom. The van der Waals surface area contributed by atoms with Crippen molar-refractivity contribution in [2.24, 2.45) is 5.41 Å². The summed E-state index contributed by atoms with van der Waals surface area (Å²) in [4.78, 5) is 17.6. The lowest BCUT2D eigenvalue weighted by atomic mass is 9.95. The van der Waals surface area contributed by atoms with Crippen LogP contribution in [0.25, 0.3) is 0 Å². The van der Waals surface area contributed by atoms with Crippen LogP contribution >= 0.6 is 0 Å². The van der Waals surface area contributed by atoms with Gasteiger partial charge in [-0.05, 0) is 5.56 Å². The average molecular weight is 287 g/mol. The maximum atomic E-state index is 11.2. The van der Waals surface area contributed by atoms with E-state index in [1.54, 1.807) is 0 Å². The second-order valence-electron chi connectivity index (χ2n) is 5.79. The Bertz CT molecular complexity index is 608. The third-order valence-electron chi connectivity index (χ3n) is 3.04. The van der Waals surface area contributed by atoms with Gasteiger partial charge in [-0.2, -0.15) is 0 Å². The average Bonchev–Trinajstić information content (AvgIpc) is 2.46. The standard InChI is InChI=1S/C16H21N3O2/c1-16(2,10-17-9-13-6-4-3-5-7-13)11-21-15-8-14(20)18-12-19-15/h3-8,12,17H,9-11H2,1-2H3,(H,18,19,20). The molecule has 0 unspecified atom stereocenters. The lowest BCUT2D eigenvalue weighted by molar-refractivity contribution is 0.170. The number of aromatic amines is 1. The zero-order valence-electron chi connectivity index (χ0n) is 12.4. The van der Waals surface area contributed by atoms with Crippen molar-refractivity contribution in [3.8, 4) is 5.88 Å². The number of nitrogens with zero attached hydrogens (tertiary/aromatic N) is 1. The number of benzene rings is 1. The van der Waals surface area contributed by atoms with Crippen LogP contribution < -0.4 is 15.6 Å². The molecule has 0 bridgehead atoms. The van der Waals surface area contributed by atoms with Gasteiger partial charge < -0.3 is 15.0 Å². The largest absolute Gasteiger partial charge is 0.477 e. The smallest absolute Gasteiger partial charge is 0.254 e. The van der Waals surface area contributed by atoms with Crippen LogP contribution in [0, 0.1) is 5.41 Å². The molecule has 0 radical (unpaired) electrons. The lowest BCUT2D eigenvalue weighted by Crippen LogP contribution is -2.34. The van der Waals surface area contributed by atoms with E-state index in [4.69, 9.17) is 4.74 Å². The second-order valence-corrected chi connectivity index (χ2v) is 5.79. The molecule has 0 aliphatic rings. The highest BCUT2D eigenvalue weighted by Crippen LogP contribution is 2.15. The van der Waals surface area contributed by atoms with Crippen molar-refractivity contribution in [2.45, 2.75) is 20.4 Å². The number of ether oxygens (including phenoxy) is 1. The molecular formula is C16H21N3O2. The van der Waals surface area contributed by atoms with Crippen LogP contribution in [0.1, 0.15) is 19.4 Å². The minimum atomic E-state index is -0.208. The van der Waals surface area contributed by atoms with Crippen molar-refractivity contribution in [3.05, 3.63) is 58.6 Å². The van der Waals surface area contributed by atoms with E-state index in [0.29, 0.717) is 12.5 Å². The maximum absolute atomic E-state index is 11.2. The first-order valence-corrected chi connectivity index (χ1v) is 6.97. The van der Waals surface area contributed by atoms with Gasteiger partial charge in [0.1, 0.15) is 0 Å². The Hall–Kier alpha value is -2.14. The first-order chi connectivity index (χ1) is 10.1. The van der Waals surface area contributed by atoms with Crippen molar-refractivity contribution in [3.63, 3.8) is 0 Å². The minimum Gasteiger partial charge on any atom is -0.477 e. The van der Waals surface area contributed by atoms with Gasteiger partial charge in [-0.25, -0.2) is 4.98 Å². The molecule has 0 saturated heterocycles. The summed E-state index contributed by atoms with van der Waals surface area (Å²) in [5.41, 5.74) is 0.990. The summed E-state index contributed by atoms with van der Waals surface area (Å²) < 4.78 is 5.58. The summed E-state index contributed by atoms with van der Waals surface area (Å²) in [5.74, 6) is 0.356. The summed E-state index contributed by atoms with van der Waals surface area (Å²) in [6.45, 7) is 6.35. The van der Waals surface area contributed by atoms with E-state index in [2.05, 4.69) is 41.3 Å². The fourth-order valence-corrected chi connectivity index (χ4v) is 1.89. The number of hydrogen-bond donors (Lipinski definition) is 2. The third-order valence-corrected chi connectivity index (χ3v) is 3.04. The lowest BCUT2D eigenvalue weighted by Gasteiger charge is -2.24. The summed E-state index contributed by atoms with van der Waals surface area (Å²) in [7, 11) is 0. The monoisotopic (exact) mass is 287 g/mol. The van der Waals surface area contributed by atoms with Crippen LogP contribution in [-0.2, 0) is 6.54 Å². The Balaban J connectivity index is 1.77. The van der Waals surface area contributed by atoms with Crippen LogP contribution in [0.4, 0.5) is 0 Å². The Labute approximate surface area is 124 Å². The topological polar surface area (TPSA) is 67.0 Å². The fourth-order valence-electron chi connectivity index (χ4n) is 1.89. The van der Waals surface area contributed by atoms with Gasteiger partial charge >= 0.3 is 0 Å². The molecule has 0 atom stereocenters. The highest BCUT2D eigenvalue weighted by Gasteiger charge is 2.18. The van der Waals surface area contributed by atoms with Crippen molar-refractivity contribution < 1.29 is 4.74 Å². The van der Waals surface area contributed by atoms with Gasteiger partial charge in [-0.15, -0.1) is 0 Å². The Kier molecular flexibility index (Phi) is 5.11. The van der Waals surface area contributed by atoms with E-state index < -0.39 is 0 Å². The predicted molar refractivity (Wildman–Crippen MR) is 82.3 cm³/mol. The molecule has 5 heteroatoms. The first kappa shape index (κ1) is 15.3. The van der Waals surface area contributed by atoms with Crippen LogP contribution in [0.5, 0.6) is 5.88 Å². The third kappa shape index (κ3) is 5.39. The molecule has 5 nitrogen and oxygen atoms in total. The highest BCUT2D eigenvalue weighted by atomic mass is 16.5. The van der Waals surface area contributed by atoms with Gasteiger partial charge in [0.15, 0.2) is 0 Å². The molecular weight excluding hydrogens is 266 g/mol. The van der Waals surface area contributed by atoms with E-state index in [1.807, 2.05) is 18.2 Å². The molecule has 1 aromatic carbocycles. The Morgan fingerprint density at radius 3 is 2.76 bits per heavy atom. The zero-order chi connectivity index (χ0) is 15.1. The van der Waals surface area contributed by atoms with E-state index >= 15 is 0 Å². The van der Waals surface area contributed by atoms with Crippen LogP contribution in [0.15, 0.2) is 47.5 Å². The van der Waals surface area contributed by atoms with E-state index in [-0.39, 0.29) is 11.0 Å². The molecule has 112 valence electrons. The molecule has 2 rings (SSSR count). The van der Waals surface area contributed by atoms with Crippen LogP contribution in [-0.4, -0.2) is 23.1 Å². The molecule has 0 fully saturated rings. The predicted octanol–water partition coefficient (Wildman–Crippen LogP) is 1.96. The van der Waals surface area contributed by atoms with Gasteiger partial charge in [0.2, 0.25) is 5.88 Å². The van der Waals surface area contributed by atoms with E-state index in [0.717, 1.165) is 13.1 Å². The maximum Gasteiger partial charge on any atom is 0.254 e. The summed E-state index contributed by atoms with van der Waals surface area (Å²) in [5, 5.41) is 3.42. The summed E-state index contributed by atoms with van der Waals surface area (Å²) >= 11 is 0. The van der Waals surface area contributed by atoms with Gasteiger partial charge in [0, 0.05) is 18.5 Å². The Morgan fingerprint density at radius 2 is 2.05 bits per heavy atom. The van der Waals surface area contributed by atoms with Crippen molar-refractivity contribution in [1.82, 2.24) is 15.3 Å². The van der Waals surface area contributed by atoms with Crippen LogP contribution in [0.2, 0.25) is 0 Å². The van der Waals surface area contributed by atoms with E-state index in [9.17, 15) is 4.79 Å². The molecule has 2 aromatic rings. The summed E-state index contributed by atoms with van der Waals surface area (Å²) in [6.07, 6.45) is 1.35. The number of H-pyrrole nitrogens is 1. The molecule has 0 amide bonds. The van der Waals surface area contributed by atoms with Crippen LogP contribution in [0.3, 0.4) is 0 Å². The van der Waals surface area contributed by atoms with Gasteiger partial charge in [-0.1, -0.05) is 44.2 Å². The van der Waals surface area contributed by atoms with Crippen molar-refractivity contribution in [1.29, 1.82) is 0 Å². The zero-order valence-corrected chi connectivity index (χ0v) is 12.4. The first-order valence-electron chi connectivity index (χ1n) is 6.97. The molecule has 1 heterocycles. The number of rotatable bonds is 7. The molecule has 1 aromatic heterocycles. The molecule has 2 N–H and O–H groups in total. The molecule has 0 aliphatic carbocycles. The number of nitrogens with one attached hydrogen (secondary N) is 2. The summed E-state index contributed by atoms with van der Waals surface area (Å²) in [6, 6.07) is 11.6. The minimum absolute atomic E-state index is 0.0565. The normalized spacial score (nSPS) is 11.3. The molecule has 0 spiro atoms. The van der Waals surface area contributed by atoms with Crippen molar-refractivity contribution >= 4 is 0 Å². The fraction of sp³-hybridized carbons (Fsp3) is 0.375. The SMILES string of the molecule is CC(C)(CNCc1ccccc1)COc1cc(=O)[nH]cn1. The van der Waals surface area contributed by atoms with Gasteiger partial charge in [0.25, 0.3) is 5.56 Å². The van der Waals surface area contributed by atoms with Gasteiger partial charge in [-0.3, -0.25) is 4.79 Å². The van der Waals surface area contributed by atoms with Crippen molar-refractivity contribution in [2.75, 3.05) is 13.2 Å². The number of aromatic nitrogens is 2. The quantitative estimate of drug-likeness (QED) is 0.817. The molecule has 21 heavy (non-hydrogen) atoms. The second kappa shape index (κ2) is 7.04. The molecule has 0 aliphatic heterocycles. The van der Waals surface area contributed by atoms with E-state index in [1.165, 1.54) is 18.0 Å². The number of hydrogen-bond acceptors (Lipinski definition) is 4. The highest BCUT2D eigenvalue weighted by molar-refractivity contribution is 5.14.